The molecule has 1 saturated heterocycles. The van der Waals surface area contributed by atoms with Gasteiger partial charge in [-0.1, -0.05) is 0 Å². The van der Waals surface area contributed by atoms with Gasteiger partial charge in [-0.2, -0.15) is 0 Å². The Kier molecular flexibility index (Phi) is 29.0. The zero-order valence-corrected chi connectivity index (χ0v) is 23.5. The third-order valence-electron chi connectivity index (χ3n) is 5.14. The average molecular weight is 556 g/mol. The van der Waals surface area contributed by atoms with Crippen LogP contribution in [-0.4, -0.2) is 152 Å². The summed E-state index contributed by atoms with van der Waals surface area (Å²) in [6.45, 7) is 12.1. The molecular weight excluding hydrogens is 502 g/mol. The van der Waals surface area contributed by atoms with Gasteiger partial charge in [0.2, 0.25) is 0 Å². The first-order chi connectivity index (χ1) is 18.9. The number of nitrogens with one attached hydrogen (secondary N) is 1. The maximum Gasteiger partial charge on any atom is 0.157 e. The van der Waals surface area contributed by atoms with Crippen LogP contribution in [0.3, 0.4) is 0 Å². The molecule has 1 heterocycles. The van der Waals surface area contributed by atoms with E-state index in [0.29, 0.717) is 126 Å². The van der Waals surface area contributed by atoms with Crippen molar-refractivity contribution < 1.29 is 52.1 Å². The molecule has 0 aromatic carbocycles. The van der Waals surface area contributed by atoms with Gasteiger partial charge in [0.25, 0.3) is 0 Å². The first kappa shape index (κ1) is 35.5. The fourth-order valence-corrected chi connectivity index (χ4v) is 3.12. The molecule has 1 rings (SSSR count). The SMILES string of the molecule is CNCCOCCOCCOCCOCCOCCOCCOCCOCCOCCOC1CCCCO1. The van der Waals surface area contributed by atoms with E-state index < -0.39 is 0 Å². The van der Waals surface area contributed by atoms with Gasteiger partial charge in [0.15, 0.2) is 6.29 Å². The van der Waals surface area contributed by atoms with Gasteiger partial charge in [0.1, 0.15) is 0 Å². The number of likely N-dealkylation sites (N-methyl/N-ethyl adjacent to an activating group) is 1. The molecule has 0 spiro atoms. The molecular formula is C26H53NO11. The van der Waals surface area contributed by atoms with Crippen molar-refractivity contribution in [1.82, 2.24) is 5.32 Å². The highest BCUT2D eigenvalue weighted by molar-refractivity contribution is 4.53. The van der Waals surface area contributed by atoms with E-state index >= 15 is 0 Å². The second-order valence-electron chi connectivity index (χ2n) is 8.28. The van der Waals surface area contributed by atoms with E-state index in [9.17, 15) is 0 Å². The molecule has 0 aliphatic carbocycles. The maximum atomic E-state index is 5.60. The molecule has 0 aromatic rings. The molecule has 1 unspecified atom stereocenters. The summed E-state index contributed by atoms with van der Waals surface area (Å²) < 4.78 is 60.1. The molecule has 0 aromatic heterocycles. The molecule has 0 radical (unpaired) electrons. The van der Waals surface area contributed by atoms with Gasteiger partial charge < -0.3 is 57.4 Å². The van der Waals surface area contributed by atoms with E-state index in [1.54, 1.807) is 0 Å². The second kappa shape index (κ2) is 31.1. The lowest BCUT2D eigenvalue weighted by Gasteiger charge is -2.22. The lowest BCUT2D eigenvalue weighted by molar-refractivity contribution is -0.169. The number of hydrogen-bond donors (Lipinski definition) is 1. The largest absolute Gasteiger partial charge is 0.378 e. The molecule has 1 aliphatic heterocycles. The van der Waals surface area contributed by atoms with Crippen LogP contribution < -0.4 is 5.32 Å². The van der Waals surface area contributed by atoms with E-state index in [1.165, 1.54) is 6.42 Å². The summed E-state index contributed by atoms with van der Waals surface area (Å²) in [6.07, 6.45) is 3.21. The molecule has 1 aliphatic rings. The summed E-state index contributed by atoms with van der Waals surface area (Å²) in [4.78, 5) is 0. The van der Waals surface area contributed by atoms with Crippen LogP contribution in [0.15, 0.2) is 0 Å². The van der Waals surface area contributed by atoms with Gasteiger partial charge in [-0.25, -0.2) is 0 Å². The summed E-state index contributed by atoms with van der Waals surface area (Å²) in [5.41, 5.74) is 0. The third kappa shape index (κ3) is 27.1. The van der Waals surface area contributed by atoms with Gasteiger partial charge in [-0.15, -0.1) is 0 Å². The molecule has 1 atom stereocenters. The van der Waals surface area contributed by atoms with Crippen molar-refractivity contribution in [1.29, 1.82) is 0 Å². The highest BCUT2D eigenvalue weighted by atomic mass is 16.7. The number of ether oxygens (including phenoxy) is 11. The Bertz CT molecular complexity index is 445. The zero-order chi connectivity index (χ0) is 27.0. The number of hydrogen-bond acceptors (Lipinski definition) is 12. The van der Waals surface area contributed by atoms with Crippen LogP contribution in [-0.2, 0) is 52.1 Å². The van der Waals surface area contributed by atoms with E-state index in [0.717, 1.165) is 26.0 Å². The third-order valence-corrected chi connectivity index (χ3v) is 5.14. The predicted molar refractivity (Wildman–Crippen MR) is 141 cm³/mol. The lowest BCUT2D eigenvalue weighted by Crippen LogP contribution is -2.24. The van der Waals surface area contributed by atoms with Crippen molar-refractivity contribution in [2.24, 2.45) is 0 Å². The van der Waals surface area contributed by atoms with Crippen molar-refractivity contribution >= 4 is 0 Å². The molecule has 12 heteroatoms. The van der Waals surface area contributed by atoms with Gasteiger partial charge in [-0.05, 0) is 26.3 Å². The molecule has 12 nitrogen and oxygen atoms in total. The summed E-state index contributed by atoms with van der Waals surface area (Å²) in [6, 6.07) is 0. The predicted octanol–water partition coefficient (Wildman–Crippen LogP) is 0.898. The minimum atomic E-state index is -0.0604. The first-order valence-electron chi connectivity index (χ1n) is 14.0. The molecule has 228 valence electrons. The van der Waals surface area contributed by atoms with Crippen molar-refractivity contribution in [2.45, 2.75) is 25.6 Å². The first-order valence-corrected chi connectivity index (χ1v) is 14.0. The summed E-state index contributed by atoms with van der Waals surface area (Å²) in [5, 5.41) is 3.02. The molecule has 1 N–H and O–H groups in total. The Labute approximate surface area is 229 Å². The molecule has 38 heavy (non-hydrogen) atoms. The summed E-state index contributed by atoms with van der Waals surface area (Å²) >= 11 is 0. The Morgan fingerprint density at radius 2 is 0.816 bits per heavy atom. The van der Waals surface area contributed by atoms with Crippen molar-refractivity contribution in [2.75, 3.05) is 146 Å². The smallest absolute Gasteiger partial charge is 0.157 e. The monoisotopic (exact) mass is 555 g/mol. The van der Waals surface area contributed by atoms with Crippen molar-refractivity contribution in [3.63, 3.8) is 0 Å². The van der Waals surface area contributed by atoms with Crippen LogP contribution in [0, 0.1) is 0 Å². The average Bonchev–Trinajstić information content (AvgIpc) is 2.94. The topological polar surface area (TPSA) is 114 Å². The zero-order valence-electron chi connectivity index (χ0n) is 23.5. The van der Waals surface area contributed by atoms with Gasteiger partial charge in [0, 0.05) is 13.2 Å². The van der Waals surface area contributed by atoms with E-state index in [-0.39, 0.29) is 6.29 Å². The quantitative estimate of drug-likeness (QED) is 0.123. The van der Waals surface area contributed by atoms with E-state index in [4.69, 9.17) is 52.1 Å². The summed E-state index contributed by atoms with van der Waals surface area (Å²) in [5.74, 6) is 0. The molecule has 0 saturated carbocycles. The lowest BCUT2D eigenvalue weighted by atomic mass is 10.2. The highest BCUT2D eigenvalue weighted by Gasteiger charge is 2.13. The Morgan fingerprint density at radius 1 is 0.474 bits per heavy atom. The van der Waals surface area contributed by atoms with E-state index in [2.05, 4.69) is 5.32 Å². The molecule has 0 bridgehead atoms. The Morgan fingerprint density at radius 3 is 1.13 bits per heavy atom. The van der Waals surface area contributed by atoms with Gasteiger partial charge in [-0.3, -0.25) is 0 Å². The summed E-state index contributed by atoms with van der Waals surface area (Å²) in [7, 11) is 1.90. The van der Waals surface area contributed by atoms with Crippen LogP contribution in [0.4, 0.5) is 0 Å². The normalized spacial score (nSPS) is 15.9. The van der Waals surface area contributed by atoms with Crippen LogP contribution in [0.1, 0.15) is 19.3 Å². The molecule has 0 amide bonds. The fraction of sp³-hybridized carbons (Fsp3) is 1.00. The second-order valence-corrected chi connectivity index (χ2v) is 8.28. The van der Waals surface area contributed by atoms with Gasteiger partial charge in [0.05, 0.1) is 126 Å². The van der Waals surface area contributed by atoms with Crippen LogP contribution >= 0.6 is 0 Å². The minimum Gasteiger partial charge on any atom is -0.378 e. The van der Waals surface area contributed by atoms with Crippen LogP contribution in [0.25, 0.3) is 0 Å². The van der Waals surface area contributed by atoms with Gasteiger partial charge >= 0.3 is 0 Å². The Hall–Kier alpha value is -0.480. The van der Waals surface area contributed by atoms with Crippen molar-refractivity contribution in [3.05, 3.63) is 0 Å². The molecule has 1 fully saturated rings. The van der Waals surface area contributed by atoms with Crippen LogP contribution in [0.2, 0.25) is 0 Å². The maximum absolute atomic E-state index is 5.60. The standard InChI is InChI=1S/C26H53NO11/c1-27-5-7-28-8-9-29-10-11-30-12-13-31-14-15-32-16-17-33-18-19-34-20-21-35-22-23-36-24-25-38-26-4-2-3-6-37-26/h26-27H,2-25H2,1H3. The van der Waals surface area contributed by atoms with Crippen molar-refractivity contribution in [3.8, 4) is 0 Å². The number of rotatable bonds is 31. The minimum absolute atomic E-state index is 0.0604. The van der Waals surface area contributed by atoms with Crippen LogP contribution in [0.5, 0.6) is 0 Å². The Balaban J connectivity index is 1.61. The van der Waals surface area contributed by atoms with E-state index in [1.807, 2.05) is 7.05 Å². The highest BCUT2D eigenvalue weighted by Crippen LogP contribution is 2.13. The fourth-order valence-electron chi connectivity index (χ4n) is 3.12.